The molecule has 0 saturated heterocycles. The maximum absolute atomic E-state index is 14.2. The maximum atomic E-state index is 14.2. The summed E-state index contributed by atoms with van der Waals surface area (Å²) in [6, 6.07) is 3.34. The number of anilines is 1. The number of nitrogens with two attached hydrogens (primary N) is 1. The topological polar surface area (TPSA) is 100 Å². The van der Waals surface area contributed by atoms with Crippen LogP contribution in [0.3, 0.4) is 0 Å². The summed E-state index contributed by atoms with van der Waals surface area (Å²) in [4.78, 5) is 16.4. The van der Waals surface area contributed by atoms with Crippen LogP contribution in [-0.2, 0) is 6.54 Å². The Hall–Kier alpha value is -3.36. The maximum Gasteiger partial charge on any atom is 0.235 e. The van der Waals surface area contributed by atoms with E-state index in [4.69, 9.17) is 5.73 Å². The van der Waals surface area contributed by atoms with Crippen LogP contribution in [0, 0.1) is 5.95 Å². The number of pyridine rings is 2. The minimum Gasteiger partial charge on any atom is -0.368 e. The van der Waals surface area contributed by atoms with Gasteiger partial charge < -0.3 is 10.3 Å². The first kappa shape index (κ1) is 14.2. The fraction of sp³-hybridized carbons (Fsp3) is 0.133. The lowest BCUT2D eigenvalue weighted by atomic mass is 10.1. The van der Waals surface area contributed by atoms with Crippen LogP contribution in [0.5, 0.6) is 0 Å². The Morgan fingerprint density at radius 3 is 2.79 bits per heavy atom. The van der Waals surface area contributed by atoms with Crippen LogP contribution in [0.15, 0.2) is 37.1 Å². The predicted molar refractivity (Wildman–Crippen MR) is 85.7 cm³/mol. The molecule has 0 aliphatic rings. The van der Waals surface area contributed by atoms with Gasteiger partial charge in [0.1, 0.15) is 11.8 Å². The summed E-state index contributed by atoms with van der Waals surface area (Å²) in [6.45, 7) is 2.55. The molecule has 0 unspecified atom stereocenters. The van der Waals surface area contributed by atoms with E-state index < -0.39 is 5.95 Å². The van der Waals surface area contributed by atoms with Gasteiger partial charge in [-0.05, 0) is 19.1 Å². The van der Waals surface area contributed by atoms with Crippen LogP contribution in [0.2, 0.25) is 0 Å². The van der Waals surface area contributed by atoms with Crippen LogP contribution in [-0.4, -0.2) is 34.3 Å². The Bertz CT molecular complexity index is 1040. The van der Waals surface area contributed by atoms with Crippen molar-refractivity contribution in [3.63, 3.8) is 0 Å². The van der Waals surface area contributed by atoms with Crippen LogP contribution >= 0.6 is 0 Å². The third-order valence-electron chi connectivity index (χ3n) is 3.76. The Kier molecular flexibility index (Phi) is 3.19. The molecule has 0 aliphatic carbocycles. The van der Waals surface area contributed by atoms with Crippen molar-refractivity contribution in [2.45, 2.75) is 13.5 Å². The van der Waals surface area contributed by atoms with Crippen molar-refractivity contribution in [2.75, 3.05) is 5.73 Å². The highest BCUT2D eigenvalue weighted by molar-refractivity contribution is 5.92. The first-order valence-corrected chi connectivity index (χ1v) is 7.31. The molecule has 4 aromatic heterocycles. The Balaban J connectivity index is 2.06. The van der Waals surface area contributed by atoms with Gasteiger partial charge in [-0.3, -0.25) is 4.98 Å². The lowest BCUT2D eigenvalue weighted by molar-refractivity contribution is 0.587. The van der Waals surface area contributed by atoms with Gasteiger partial charge in [-0.1, -0.05) is 0 Å². The minimum absolute atomic E-state index is 0.224. The van der Waals surface area contributed by atoms with E-state index in [2.05, 4.69) is 25.0 Å². The molecule has 0 spiro atoms. The summed E-state index contributed by atoms with van der Waals surface area (Å²) in [7, 11) is 0. The molecule has 0 atom stereocenters. The van der Waals surface area contributed by atoms with Crippen LogP contribution in [0.25, 0.3) is 28.1 Å². The van der Waals surface area contributed by atoms with Crippen molar-refractivity contribution in [2.24, 2.45) is 0 Å². The number of fused-ring (bicyclic) bond motifs is 1. The molecule has 0 bridgehead atoms. The van der Waals surface area contributed by atoms with E-state index in [0.717, 1.165) is 5.52 Å². The van der Waals surface area contributed by atoms with E-state index in [1.54, 1.807) is 24.5 Å². The molecule has 0 aliphatic heterocycles. The summed E-state index contributed by atoms with van der Waals surface area (Å²) in [5.41, 5.74) is 8.17. The number of hydrogen-bond acceptors (Lipinski definition) is 6. The average molecular weight is 324 g/mol. The number of nitrogen functional groups attached to an aromatic ring is 1. The summed E-state index contributed by atoms with van der Waals surface area (Å²) in [6.07, 6.45) is 5.99. The van der Waals surface area contributed by atoms with Crippen LogP contribution in [0.4, 0.5) is 10.3 Å². The van der Waals surface area contributed by atoms with Gasteiger partial charge in [0.05, 0.1) is 11.7 Å². The number of aromatic nitrogens is 7. The monoisotopic (exact) mass is 324 g/mol. The molecular weight excluding hydrogens is 311 g/mol. The summed E-state index contributed by atoms with van der Waals surface area (Å²) in [5.74, 6) is 0.167. The summed E-state index contributed by atoms with van der Waals surface area (Å²) >= 11 is 0. The van der Waals surface area contributed by atoms with Gasteiger partial charge in [0.15, 0.2) is 0 Å². The molecule has 4 rings (SSSR count). The molecular formula is C15H13FN8. The minimum atomic E-state index is -0.558. The average Bonchev–Trinajstić information content (AvgIpc) is 3.17. The van der Waals surface area contributed by atoms with Gasteiger partial charge in [0.25, 0.3) is 0 Å². The third-order valence-corrected chi connectivity index (χ3v) is 3.76. The van der Waals surface area contributed by atoms with E-state index in [0.29, 0.717) is 29.1 Å². The highest BCUT2D eigenvalue weighted by Crippen LogP contribution is 2.30. The summed E-state index contributed by atoms with van der Waals surface area (Å²) < 4.78 is 17.5. The Labute approximate surface area is 135 Å². The number of rotatable bonds is 3. The molecule has 120 valence electrons. The second-order valence-electron chi connectivity index (χ2n) is 5.08. The zero-order chi connectivity index (χ0) is 16.7. The highest BCUT2D eigenvalue weighted by Gasteiger charge is 2.19. The Morgan fingerprint density at radius 1 is 1.21 bits per heavy atom. The molecule has 24 heavy (non-hydrogen) atoms. The molecule has 0 saturated carbocycles. The number of imidazole rings is 1. The molecule has 0 radical (unpaired) electrons. The molecule has 4 heterocycles. The van der Waals surface area contributed by atoms with Gasteiger partial charge in [0.2, 0.25) is 17.8 Å². The van der Waals surface area contributed by atoms with E-state index in [1.165, 1.54) is 17.2 Å². The second kappa shape index (κ2) is 5.37. The largest absolute Gasteiger partial charge is 0.368 e. The second-order valence-corrected chi connectivity index (χ2v) is 5.08. The van der Waals surface area contributed by atoms with Crippen LogP contribution in [0.1, 0.15) is 6.92 Å². The number of nitrogens with zero attached hydrogens (tertiary/aromatic N) is 7. The fourth-order valence-electron chi connectivity index (χ4n) is 2.73. The highest BCUT2D eigenvalue weighted by atomic mass is 19.1. The lowest BCUT2D eigenvalue weighted by Gasteiger charge is -2.09. The molecule has 9 heteroatoms. The third kappa shape index (κ3) is 2.02. The van der Waals surface area contributed by atoms with Gasteiger partial charge in [-0.25, -0.2) is 9.97 Å². The molecule has 4 aromatic rings. The zero-order valence-corrected chi connectivity index (χ0v) is 12.8. The van der Waals surface area contributed by atoms with Crippen LogP contribution < -0.4 is 5.73 Å². The normalized spacial score (nSPS) is 11.2. The fourth-order valence-corrected chi connectivity index (χ4v) is 2.73. The number of hydrogen-bond donors (Lipinski definition) is 1. The number of aryl methyl sites for hydroxylation is 1. The van der Waals surface area contributed by atoms with E-state index in [-0.39, 0.29) is 5.95 Å². The molecule has 0 aromatic carbocycles. The van der Waals surface area contributed by atoms with E-state index in [1.807, 2.05) is 11.5 Å². The van der Waals surface area contributed by atoms with E-state index >= 15 is 0 Å². The lowest BCUT2D eigenvalue weighted by Crippen LogP contribution is -2.10. The Morgan fingerprint density at radius 2 is 2.08 bits per heavy atom. The van der Waals surface area contributed by atoms with Crippen molar-refractivity contribution in [3.8, 4) is 17.1 Å². The standard InChI is InChI=1S/C15H13FN8/c1-2-23-12-10(9-4-3-5-19-13(9)16)6-18-7-11(12)22-15(23)24-14(17)20-8-21-24/h3-8H,2H2,1H3,(H2,17,20,21). The van der Waals surface area contributed by atoms with Crippen molar-refractivity contribution in [3.05, 3.63) is 43.0 Å². The van der Waals surface area contributed by atoms with Gasteiger partial charge >= 0.3 is 0 Å². The van der Waals surface area contributed by atoms with Crippen molar-refractivity contribution >= 4 is 17.0 Å². The first-order chi connectivity index (χ1) is 11.7. The molecule has 0 fully saturated rings. The van der Waals surface area contributed by atoms with Gasteiger partial charge in [-0.15, -0.1) is 0 Å². The molecule has 2 N–H and O–H groups in total. The van der Waals surface area contributed by atoms with Gasteiger partial charge in [0, 0.05) is 30.1 Å². The zero-order valence-electron chi connectivity index (χ0n) is 12.8. The molecule has 0 amide bonds. The summed E-state index contributed by atoms with van der Waals surface area (Å²) in [5, 5.41) is 4.10. The quantitative estimate of drug-likeness (QED) is 0.577. The van der Waals surface area contributed by atoms with E-state index in [9.17, 15) is 4.39 Å². The SMILES string of the molecule is CCn1c(-n2ncnc2N)nc2cncc(-c3cccnc3F)c21. The molecule has 8 nitrogen and oxygen atoms in total. The van der Waals surface area contributed by atoms with Crippen molar-refractivity contribution in [1.82, 2.24) is 34.3 Å². The number of halogens is 1. The van der Waals surface area contributed by atoms with Crippen molar-refractivity contribution in [1.29, 1.82) is 0 Å². The van der Waals surface area contributed by atoms with Crippen molar-refractivity contribution < 1.29 is 4.39 Å². The predicted octanol–water partition coefficient (Wildman–Crippen LogP) is 1.82. The smallest absolute Gasteiger partial charge is 0.235 e. The van der Waals surface area contributed by atoms with Gasteiger partial charge in [-0.2, -0.15) is 19.2 Å². The first-order valence-electron chi connectivity index (χ1n) is 7.31.